The number of likely N-dealkylation sites (tertiary alicyclic amines) is 1. The van der Waals surface area contributed by atoms with Crippen LogP contribution in [0.2, 0.25) is 5.02 Å². The van der Waals surface area contributed by atoms with Gasteiger partial charge in [-0.1, -0.05) is 17.7 Å². The molecule has 0 bridgehead atoms. The lowest BCUT2D eigenvalue weighted by Gasteiger charge is -2.37. The van der Waals surface area contributed by atoms with Crippen LogP contribution in [0, 0.1) is 5.82 Å². The molecule has 2 N–H and O–H groups in total. The third kappa shape index (κ3) is 3.70. The monoisotopic (exact) mass is 300 g/mol. The Labute approximate surface area is 124 Å². The summed E-state index contributed by atoms with van der Waals surface area (Å²) in [6, 6.07) is 4.58. The second-order valence-corrected chi connectivity index (χ2v) is 5.52. The van der Waals surface area contributed by atoms with Crippen LogP contribution in [0.15, 0.2) is 18.2 Å². The van der Waals surface area contributed by atoms with Gasteiger partial charge in [-0.25, -0.2) is 4.39 Å². The van der Waals surface area contributed by atoms with Crippen LogP contribution < -0.4 is 5.73 Å². The van der Waals surface area contributed by atoms with Gasteiger partial charge in [0.25, 0.3) is 0 Å². The lowest BCUT2D eigenvalue weighted by Crippen LogP contribution is -2.42. The van der Waals surface area contributed by atoms with Gasteiger partial charge in [-0.3, -0.25) is 4.90 Å². The summed E-state index contributed by atoms with van der Waals surface area (Å²) in [6.45, 7) is 5.12. The standard InChI is InChI=1S/C15H22ClFN2O/c1-2-20-12-5-7-19(8-6-12)15(10-18)13-4-3-11(17)9-14(13)16/h3-4,9,12,15H,2,5-8,10,18H2,1H3. The summed E-state index contributed by atoms with van der Waals surface area (Å²) in [7, 11) is 0. The Balaban J connectivity index is 2.05. The van der Waals surface area contributed by atoms with Gasteiger partial charge in [-0.05, 0) is 37.5 Å². The Morgan fingerprint density at radius 3 is 2.70 bits per heavy atom. The van der Waals surface area contributed by atoms with Gasteiger partial charge in [-0.2, -0.15) is 0 Å². The van der Waals surface area contributed by atoms with Gasteiger partial charge in [0.2, 0.25) is 0 Å². The van der Waals surface area contributed by atoms with Crippen LogP contribution in [0.4, 0.5) is 4.39 Å². The number of nitrogens with zero attached hydrogens (tertiary/aromatic N) is 1. The molecule has 0 radical (unpaired) electrons. The van der Waals surface area contributed by atoms with Crippen LogP contribution in [0.5, 0.6) is 0 Å². The summed E-state index contributed by atoms with van der Waals surface area (Å²) < 4.78 is 18.8. The first-order valence-corrected chi connectivity index (χ1v) is 7.54. The van der Waals surface area contributed by atoms with Crippen LogP contribution in [0.1, 0.15) is 31.4 Å². The molecule has 0 aromatic heterocycles. The van der Waals surface area contributed by atoms with Crippen molar-refractivity contribution in [1.29, 1.82) is 0 Å². The first-order chi connectivity index (χ1) is 9.65. The second kappa shape index (κ2) is 7.36. The molecule has 0 aliphatic carbocycles. The number of halogens is 2. The minimum absolute atomic E-state index is 0.0469. The highest BCUT2D eigenvalue weighted by molar-refractivity contribution is 6.31. The number of rotatable bonds is 5. The van der Waals surface area contributed by atoms with Crippen molar-refractivity contribution >= 4 is 11.6 Å². The van der Waals surface area contributed by atoms with Gasteiger partial charge >= 0.3 is 0 Å². The van der Waals surface area contributed by atoms with Crippen molar-refractivity contribution in [3.05, 3.63) is 34.6 Å². The van der Waals surface area contributed by atoms with Gasteiger partial charge in [0.1, 0.15) is 5.82 Å². The smallest absolute Gasteiger partial charge is 0.124 e. The van der Waals surface area contributed by atoms with Gasteiger partial charge in [0.15, 0.2) is 0 Å². The Hall–Kier alpha value is -0.680. The average Bonchev–Trinajstić information content (AvgIpc) is 2.44. The van der Waals surface area contributed by atoms with E-state index in [1.165, 1.54) is 12.1 Å². The molecule has 5 heteroatoms. The van der Waals surface area contributed by atoms with E-state index in [4.69, 9.17) is 22.1 Å². The van der Waals surface area contributed by atoms with Crippen LogP contribution in [0.25, 0.3) is 0 Å². The fourth-order valence-corrected chi connectivity index (χ4v) is 3.13. The molecule has 1 saturated heterocycles. The van der Waals surface area contributed by atoms with Gasteiger partial charge in [0.05, 0.1) is 6.10 Å². The average molecular weight is 301 g/mol. The second-order valence-electron chi connectivity index (χ2n) is 5.11. The molecule has 2 rings (SSSR count). The molecule has 1 aromatic rings. The predicted molar refractivity (Wildman–Crippen MR) is 79.4 cm³/mol. The molecule has 1 heterocycles. The van der Waals surface area contributed by atoms with Crippen LogP contribution in [0.3, 0.4) is 0 Å². The lowest BCUT2D eigenvalue weighted by molar-refractivity contribution is 0.00453. The third-order valence-corrected chi connectivity index (χ3v) is 4.19. The van der Waals surface area contributed by atoms with E-state index in [9.17, 15) is 4.39 Å². The minimum atomic E-state index is -0.315. The molecule has 1 atom stereocenters. The summed E-state index contributed by atoms with van der Waals surface area (Å²) in [5.41, 5.74) is 6.82. The van der Waals surface area contributed by atoms with Crippen molar-refractivity contribution in [1.82, 2.24) is 4.90 Å². The minimum Gasteiger partial charge on any atom is -0.378 e. The largest absolute Gasteiger partial charge is 0.378 e. The third-order valence-electron chi connectivity index (χ3n) is 3.86. The molecular weight excluding hydrogens is 279 g/mol. The van der Waals surface area contributed by atoms with Crippen molar-refractivity contribution in [2.45, 2.75) is 31.9 Å². The van der Waals surface area contributed by atoms with Crippen LogP contribution in [-0.4, -0.2) is 37.2 Å². The zero-order valence-corrected chi connectivity index (χ0v) is 12.6. The fraction of sp³-hybridized carbons (Fsp3) is 0.600. The van der Waals surface area contributed by atoms with E-state index in [0.29, 0.717) is 17.7 Å². The highest BCUT2D eigenvalue weighted by Gasteiger charge is 2.26. The maximum Gasteiger partial charge on any atom is 0.124 e. The molecule has 0 amide bonds. The molecule has 1 fully saturated rings. The molecule has 1 aliphatic heterocycles. The molecule has 3 nitrogen and oxygen atoms in total. The maximum absolute atomic E-state index is 13.1. The van der Waals surface area contributed by atoms with Crippen molar-refractivity contribution in [3.8, 4) is 0 Å². The van der Waals surface area contributed by atoms with Gasteiger partial charge in [0, 0.05) is 37.3 Å². The van der Waals surface area contributed by atoms with Gasteiger partial charge < -0.3 is 10.5 Å². The summed E-state index contributed by atoms with van der Waals surface area (Å²) in [4.78, 5) is 2.31. The first kappa shape index (κ1) is 15.7. The number of ether oxygens (including phenoxy) is 1. The lowest BCUT2D eigenvalue weighted by atomic mass is 10.0. The van der Waals surface area contributed by atoms with E-state index < -0.39 is 0 Å². The Morgan fingerprint density at radius 2 is 2.15 bits per heavy atom. The number of hydrogen-bond donors (Lipinski definition) is 1. The predicted octanol–water partition coefficient (Wildman–Crippen LogP) is 2.98. The summed E-state index contributed by atoms with van der Waals surface area (Å²) in [5, 5.41) is 0.451. The number of benzene rings is 1. The molecule has 1 aromatic carbocycles. The molecule has 1 unspecified atom stereocenters. The summed E-state index contributed by atoms with van der Waals surface area (Å²) in [5.74, 6) is -0.315. The van der Waals surface area contributed by atoms with Crippen molar-refractivity contribution < 1.29 is 9.13 Å². The van der Waals surface area contributed by atoms with E-state index in [-0.39, 0.29) is 11.9 Å². The quantitative estimate of drug-likeness (QED) is 0.908. The van der Waals surface area contributed by atoms with Crippen LogP contribution >= 0.6 is 11.6 Å². The van der Waals surface area contributed by atoms with Crippen molar-refractivity contribution in [2.24, 2.45) is 5.73 Å². The first-order valence-electron chi connectivity index (χ1n) is 7.16. The summed E-state index contributed by atoms with van der Waals surface area (Å²) >= 11 is 6.15. The fourth-order valence-electron chi connectivity index (χ4n) is 2.83. The highest BCUT2D eigenvalue weighted by atomic mass is 35.5. The van der Waals surface area contributed by atoms with E-state index in [0.717, 1.165) is 38.1 Å². The van der Waals surface area contributed by atoms with Crippen LogP contribution in [-0.2, 0) is 4.74 Å². The molecule has 112 valence electrons. The molecule has 0 saturated carbocycles. The normalized spacial score (nSPS) is 19.2. The van der Waals surface area contributed by atoms with Gasteiger partial charge in [-0.15, -0.1) is 0 Å². The zero-order valence-electron chi connectivity index (χ0n) is 11.8. The number of piperidine rings is 1. The summed E-state index contributed by atoms with van der Waals surface area (Å²) in [6.07, 6.45) is 2.35. The molecule has 0 spiro atoms. The number of nitrogens with two attached hydrogens (primary N) is 1. The van der Waals surface area contributed by atoms with E-state index >= 15 is 0 Å². The Bertz CT molecular complexity index is 436. The van der Waals surface area contributed by atoms with E-state index in [1.807, 2.05) is 6.92 Å². The zero-order chi connectivity index (χ0) is 14.5. The molecular formula is C15H22ClFN2O. The Morgan fingerprint density at radius 1 is 1.45 bits per heavy atom. The number of hydrogen-bond acceptors (Lipinski definition) is 3. The maximum atomic E-state index is 13.1. The topological polar surface area (TPSA) is 38.5 Å². The molecule has 20 heavy (non-hydrogen) atoms. The SMILES string of the molecule is CCOC1CCN(C(CN)c2ccc(F)cc2Cl)CC1. The van der Waals surface area contributed by atoms with Crippen molar-refractivity contribution in [2.75, 3.05) is 26.2 Å². The van der Waals surface area contributed by atoms with Crippen molar-refractivity contribution in [3.63, 3.8) is 0 Å². The Kier molecular flexibility index (Phi) is 5.78. The van der Waals surface area contributed by atoms with E-state index in [2.05, 4.69) is 4.90 Å². The highest BCUT2D eigenvalue weighted by Crippen LogP contribution is 2.30. The molecule has 1 aliphatic rings. The van der Waals surface area contributed by atoms with E-state index in [1.54, 1.807) is 6.07 Å².